The molecule has 0 spiro atoms. The van der Waals surface area contributed by atoms with Gasteiger partial charge in [0.1, 0.15) is 0 Å². The molecule has 1 amide bonds. The first-order valence-electron chi connectivity index (χ1n) is 9.73. The van der Waals surface area contributed by atoms with E-state index in [0.29, 0.717) is 31.3 Å². The van der Waals surface area contributed by atoms with E-state index in [2.05, 4.69) is 43.2 Å². The fraction of sp³-hybridized carbons (Fsp3) is 0.500. The van der Waals surface area contributed by atoms with Crippen molar-refractivity contribution in [3.63, 3.8) is 0 Å². The van der Waals surface area contributed by atoms with Crippen molar-refractivity contribution in [2.45, 2.75) is 27.7 Å². The summed E-state index contributed by atoms with van der Waals surface area (Å²) in [5.41, 5.74) is 5.55. The molecule has 1 aromatic carbocycles. The van der Waals surface area contributed by atoms with Gasteiger partial charge in [0, 0.05) is 37.1 Å². The van der Waals surface area contributed by atoms with Gasteiger partial charge in [-0.25, -0.2) is 13.4 Å². The van der Waals surface area contributed by atoms with Gasteiger partial charge in [-0.05, 0) is 38.8 Å². The van der Waals surface area contributed by atoms with Crippen molar-refractivity contribution in [1.82, 2.24) is 14.2 Å². The van der Waals surface area contributed by atoms with E-state index in [0.717, 1.165) is 11.3 Å². The van der Waals surface area contributed by atoms with Gasteiger partial charge < -0.3 is 5.32 Å². The van der Waals surface area contributed by atoms with Crippen molar-refractivity contribution >= 4 is 32.4 Å². The second-order valence-corrected chi connectivity index (χ2v) is 10.6. The highest BCUT2D eigenvalue weighted by Gasteiger charge is 2.26. The number of thiazole rings is 1. The molecular formula is C20H28N4O3S2. The van der Waals surface area contributed by atoms with E-state index in [1.165, 1.54) is 32.3 Å². The van der Waals surface area contributed by atoms with Crippen LogP contribution in [-0.4, -0.2) is 67.0 Å². The molecule has 0 atom stereocenters. The number of anilines is 1. The summed E-state index contributed by atoms with van der Waals surface area (Å²) in [5, 5.41) is 5.42. The summed E-state index contributed by atoms with van der Waals surface area (Å²) in [5.74, 6) is -0.0187. The third kappa shape index (κ3) is 5.22. The highest BCUT2D eigenvalue weighted by Crippen LogP contribution is 2.31. The van der Waals surface area contributed by atoms with E-state index in [1.807, 2.05) is 10.3 Å². The number of nitrogens with one attached hydrogen (secondary N) is 1. The molecule has 1 aliphatic heterocycles. The lowest BCUT2D eigenvalue weighted by Gasteiger charge is -2.33. The van der Waals surface area contributed by atoms with Gasteiger partial charge in [-0.3, -0.25) is 9.69 Å². The van der Waals surface area contributed by atoms with Crippen LogP contribution in [0.5, 0.6) is 0 Å². The van der Waals surface area contributed by atoms with Crippen molar-refractivity contribution < 1.29 is 13.2 Å². The fourth-order valence-corrected chi connectivity index (χ4v) is 5.54. The highest BCUT2D eigenvalue weighted by atomic mass is 32.2. The lowest BCUT2D eigenvalue weighted by Crippen LogP contribution is -2.50. The van der Waals surface area contributed by atoms with Gasteiger partial charge in [-0.1, -0.05) is 17.7 Å². The van der Waals surface area contributed by atoms with Gasteiger partial charge in [0.25, 0.3) is 0 Å². The molecule has 7 nitrogen and oxygen atoms in total. The molecule has 0 bridgehead atoms. The van der Waals surface area contributed by atoms with Crippen LogP contribution in [0.25, 0.3) is 11.3 Å². The van der Waals surface area contributed by atoms with Gasteiger partial charge in [-0.2, -0.15) is 4.31 Å². The Morgan fingerprint density at radius 3 is 2.34 bits per heavy atom. The van der Waals surface area contributed by atoms with E-state index in [9.17, 15) is 13.2 Å². The van der Waals surface area contributed by atoms with Crippen LogP contribution >= 0.6 is 11.3 Å². The Kier molecular flexibility index (Phi) is 6.72. The molecule has 2 heterocycles. The van der Waals surface area contributed by atoms with Crippen molar-refractivity contribution in [3.8, 4) is 11.3 Å². The normalized spacial score (nSPS) is 16.1. The van der Waals surface area contributed by atoms with Crippen LogP contribution < -0.4 is 5.32 Å². The Hall–Kier alpha value is -1.81. The van der Waals surface area contributed by atoms with E-state index >= 15 is 0 Å². The summed E-state index contributed by atoms with van der Waals surface area (Å²) in [6, 6.07) is 4.27. The predicted octanol–water partition coefficient (Wildman–Crippen LogP) is 2.64. The van der Waals surface area contributed by atoms with E-state index < -0.39 is 10.0 Å². The zero-order chi connectivity index (χ0) is 21.2. The number of carbonyl (C=O) groups excluding carboxylic acids is 1. The van der Waals surface area contributed by atoms with Gasteiger partial charge in [0.05, 0.1) is 18.0 Å². The minimum absolute atomic E-state index is 0.111. The Bertz CT molecular complexity index is 970. The van der Waals surface area contributed by atoms with E-state index in [4.69, 9.17) is 0 Å². The lowest BCUT2D eigenvalue weighted by molar-refractivity contribution is -0.117. The number of aromatic nitrogens is 1. The first-order chi connectivity index (χ1) is 13.7. The number of sulfonamides is 1. The Balaban J connectivity index is 1.58. The van der Waals surface area contributed by atoms with Crippen LogP contribution in [-0.2, 0) is 14.8 Å². The molecule has 1 fully saturated rings. The minimum atomic E-state index is -3.16. The monoisotopic (exact) mass is 436 g/mol. The van der Waals surface area contributed by atoms with Gasteiger partial charge >= 0.3 is 0 Å². The Morgan fingerprint density at radius 1 is 1.14 bits per heavy atom. The fourth-order valence-electron chi connectivity index (χ4n) is 3.74. The zero-order valence-corrected chi connectivity index (χ0v) is 19.0. The summed E-state index contributed by atoms with van der Waals surface area (Å²) >= 11 is 1.41. The summed E-state index contributed by atoms with van der Waals surface area (Å²) in [7, 11) is -3.16. The standard InChI is InChI=1S/C20H28N4O3S2/c1-5-29(26,27)24-8-6-23(7-9-24)12-18(25)22-20-21-17(13-28-20)19-15(3)10-14(2)11-16(19)4/h10-11,13H,5-9,12H2,1-4H3,(H,21,22,25). The Labute approximate surface area is 176 Å². The molecule has 158 valence electrons. The second-order valence-electron chi connectivity index (χ2n) is 7.44. The van der Waals surface area contributed by atoms with Crippen LogP contribution in [0, 0.1) is 20.8 Å². The molecule has 1 saturated heterocycles. The number of benzene rings is 1. The maximum atomic E-state index is 12.4. The topological polar surface area (TPSA) is 82.6 Å². The van der Waals surface area contributed by atoms with E-state index in [-0.39, 0.29) is 18.2 Å². The summed E-state index contributed by atoms with van der Waals surface area (Å²) < 4.78 is 25.4. The average Bonchev–Trinajstić information content (AvgIpc) is 3.09. The van der Waals surface area contributed by atoms with Crippen LogP contribution in [0.1, 0.15) is 23.6 Å². The molecule has 9 heteroatoms. The van der Waals surface area contributed by atoms with Crippen LogP contribution in [0.2, 0.25) is 0 Å². The first kappa shape index (κ1) is 21.9. The van der Waals surface area contributed by atoms with Gasteiger partial charge in [0.15, 0.2) is 5.13 Å². The summed E-state index contributed by atoms with van der Waals surface area (Å²) in [4.78, 5) is 19.0. The lowest BCUT2D eigenvalue weighted by atomic mass is 9.98. The first-order valence-corrected chi connectivity index (χ1v) is 12.2. The van der Waals surface area contributed by atoms with Crippen molar-refractivity contribution in [3.05, 3.63) is 34.2 Å². The smallest absolute Gasteiger partial charge is 0.240 e. The van der Waals surface area contributed by atoms with Crippen LogP contribution in [0.4, 0.5) is 5.13 Å². The number of piperazine rings is 1. The largest absolute Gasteiger partial charge is 0.301 e. The van der Waals surface area contributed by atoms with Crippen molar-refractivity contribution in [1.29, 1.82) is 0 Å². The molecular weight excluding hydrogens is 408 g/mol. The molecule has 2 aromatic rings. The number of hydrogen-bond donors (Lipinski definition) is 1. The number of rotatable bonds is 6. The molecule has 0 aliphatic carbocycles. The zero-order valence-electron chi connectivity index (χ0n) is 17.4. The molecule has 3 rings (SSSR count). The molecule has 1 aliphatic rings. The predicted molar refractivity (Wildman–Crippen MR) is 118 cm³/mol. The minimum Gasteiger partial charge on any atom is -0.301 e. The van der Waals surface area contributed by atoms with Crippen molar-refractivity contribution in [2.24, 2.45) is 0 Å². The van der Waals surface area contributed by atoms with Gasteiger partial charge in [0.2, 0.25) is 15.9 Å². The Morgan fingerprint density at radius 2 is 1.76 bits per heavy atom. The number of hydrogen-bond acceptors (Lipinski definition) is 6. The molecule has 29 heavy (non-hydrogen) atoms. The average molecular weight is 437 g/mol. The van der Waals surface area contributed by atoms with Gasteiger partial charge in [-0.15, -0.1) is 11.3 Å². The number of aryl methyl sites for hydroxylation is 3. The molecule has 1 N–H and O–H groups in total. The number of nitrogens with zero attached hydrogens (tertiary/aromatic N) is 3. The number of amides is 1. The van der Waals surface area contributed by atoms with Crippen LogP contribution in [0.3, 0.4) is 0 Å². The number of carbonyl (C=O) groups is 1. The maximum Gasteiger partial charge on any atom is 0.240 e. The van der Waals surface area contributed by atoms with E-state index in [1.54, 1.807) is 6.92 Å². The third-order valence-electron chi connectivity index (χ3n) is 5.14. The molecule has 1 aromatic heterocycles. The second kappa shape index (κ2) is 8.91. The molecule has 0 saturated carbocycles. The maximum absolute atomic E-state index is 12.4. The molecule has 0 unspecified atom stereocenters. The highest BCUT2D eigenvalue weighted by molar-refractivity contribution is 7.89. The third-order valence-corrected chi connectivity index (χ3v) is 7.78. The summed E-state index contributed by atoms with van der Waals surface area (Å²) in [6.07, 6.45) is 0. The van der Waals surface area contributed by atoms with Crippen LogP contribution in [0.15, 0.2) is 17.5 Å². The summed E-state index contributed by atoms with van der Waals surface area (Å²) in [6.45, 7) is 10.1. The molecule has 0 radical (unpaired) electrons. The SMILES string of the molecule is CCS(=O)(=O)N1CCN(CC(=O)Nc2nc(-c3c(C)cc(C)cc3C)cs2)CC1. The van der Waals surface area contributed by atoms with Crippen molar-refractivity contribution in [2.75, 3.05) is 43.8 Å². The quantitative estimate of drug-likeness (QED) is 0.753.